The van der Waals surface area contributed by atoms with E-state index in [9.17, 15) is 9.59 Å². The van der Waals surface area contributed by atoms with Crippen molar-refractivity contribution in [2.45, 2.75) is 25.9 Å². The van der Waals surface area contributed by atoms with Gasteiger partial charge in [-0.05, 0) is 29.2 Å². The van der Waals surface area contributed by atoms with Gasteiger partial charge in [-0.15, -0.1) is 0 Å². The summed E-state index contributed by atoms with van der Waals surface area (Å²) in [7, 11) is 3.04. The highest BCUT2D eigenvalue weighted by atomic mass is 16.5. The maximum absolute atomic E-state index is 13.4. The fourth-order valence-corrected chi connectivity index (χ4v) is 3.58. The van der Waals surface area contributed by atoms with Gasteiger partial charge in [0.1, 0.15) is 17.5 Å². The molecule has 0 aliphatic heterocycles. The molecule has 0 heterocycles. The topological polar surface area (TPSA) is 76.7 Å². The summed E-state index contributed by atoms with van der Waals surface area (Å²) in [6.45, 7) is 3.80. The van der Waals surface area contributed by atoms with Gasteiger partial charge in [0.25, 0.3) is 5.91 Å². The summed E-state index contributed by atoms with van der Waals surface area (Å²) in [5, 5.41) is 6.01. The summed E-state index contributed by atoms with van der Waals surface area (Å²) in [4.78, 5) is 26.4. The maximum Gasteiger partial charge on any atom is 0.252 e. The summed E-state index contributed by atoms with van der Waals surface area (Å²) in [6.07, 6.45) is 0. The molecule has 3 rings (SSSR count). The number of benzene rings is 3. The third-order valence-corrected chi connectivity index (χ3v) is 5.40. The number of carbonyl (C=O) groups is 2. The number of amides is 2. The molecule has 6 nitrogen and oxygen atoms in total. The van der Waals surface area contributed by atoms with Crippen molar-refractivity contribution in [3.63, 3.8) is 0 Å². The van der Waals surface area contributed by atoms with E-state index in [1.807, 2.05) is 74.5 Å². The number of methoxy groups -OCH3 is 2. The van der Waals surface area contributed by atoms with Gasteiger partial charge in [-0.25, -0.2) is 0 Å². The van der Waals surface area contributed by atoms with E-state index in [0.29, 0.717) is 17.1 Å². The van der Waals surface area contributed by atoms with E-state index in [0.717, 1.165) is 11.1 Å². The number of ether oxygens (including phenoxy) is 2. The largest absolute Gasteiger partial charge is 0.497 e. The second-order valence-corrected chi connectivity index (χ2v) is 8.06. The predicted octanol–water partition coefficient (Wildman–Crippen LogP) is 4.36. The normalized spacial score (nSPS) is 11.7. The molecule has 0 saturated carbocycles. The summed E-state index contributed by atoms with van der Waals surface area (Å²) < 4.78 is 10.5. The van der Waals surface area contributed by atoms with Crippen LogP contribution in [0.5, 0.6) is 11.5 Å². The molecule has 2 amide bonds. The first-order valence-electron chi connectivity index (χ1n) is 10.9. The van der Waals surface area contributed by atoms with E-state index in [1.165, 1.54) is 14.2 Å². The summed E-state index contributed by atoms with van der Waals surface area (Å²) in [5.41, 5.74) is 2.28. The standard InChI is InChI=1S/C27H30N2O4/c1-18(2)24(28-26(30)21-15-22(32-3)17-23(16-21)33-4)27(31)29-25(19-11-7-5-8-12-19)20-13-9-6-10-14-20/h5-18,24-25H,1-4H3,(H,28,30)(H,29,31)/t24-/m0/s1. The maximum atomic E-state index is 13.4. The SMILES string of the molecule is COc1cc(OC)cc(C(=O)N[C@H](C(=O)NC(c2ccccc2)c2ccccc2)C(C)C)c1. The van der Waals surface area contributed by atoms with Crippen LogP contribution in [0.4, 0.5) is 0 Å². The lowest BCUT2D eigenvalue weighted by molar-refractivity contribution is -0.124. The molecule has 0 bridgehead atoms. The van der Waals surface area contributed by atoms with Crippen LogP contribution >= 0.6 is 0 Å². The van der Waals surface area contributed by atoms with Gasteiger partial charge < -0.3 is 20.1 Å². The van der Waals surface area contributed by atoms with Gasteiger partial charge in [0.2, 0.25) is 5.91 Å². The van der Waals surface area contributed by atoms with Crippen LogP contribution in [0.25, 0.3) is 0 Å². The average molecular weight is 447 g/mol. The fourth-order valence-electron chi connectivity index (χ4n) is 3.58. The molecule has 33 heavy (non-hydrogen) atoms. The summed E-state index contributed by atoms with van der Waals surface area (Å²) in [5.74, 6) is 0.230. The zero-order valence-electron chi connectivity index (χ0n) is 19.4. The van der Waals surface area contributed by atoms with E-state index in [2.05, 4.69) is 10.6 Å². The van der Waals surface area contributed by atoms with Crippen molar-refractivity contribution in [1.29, 1.82) is 0 Å². The second kappa shape index (κ2) is 11.2. The van der Waals surface area contributed by atoms with Crippen molar-refractivity contribution in [2.24, 2.45) is 5.92 Å². The Labute approximate surface area is 194 Å². The molecule has 3 aromatic carbocycles. The van der Waals surface area contributed by atoms with Gasteiger partial charge in [0, 0.05) is 11.6 Å². The molecule has 6 heteroatoms. The quantitative estimate of drug-likeness (QED) is 0.512. The highest BCUT2D eigenvalue weighted by Crippen LogP contribution is 2.24. The van der Waals surface area contributed by atoms with Gasteiger partial charge in [-0.1, -0.05) is 74.5 Å². The second-order valence-electron chi connectivity index (χ2n) is 8.06. The first-order valence-corrected chi connectivity index (χ1v) is 10.9. The van der Waals surface area contributed by atoms with Crippen molar-refractivity contribution in [1.82, 2.24) is 10.6 Å². The minimum absolute atomic E-state index is 0.131. The molecule has 172 valence electrons. The van der Waals surface area contributed by atoms with Crippen LogP contribution in [0.1, 0.15) is 41.4 Å². The Morgan fingerprint density at radius 1 is 0.727 bits per heavy atom. The van der Waals surface area contributed by atoms with Crippen molar-refractivity contribution >= 4 is 11.8 Å². The lowest BCUT2D eigenvalue weighted by Gasteiger charge is -2.26. The molecule has 0 unspecified atom stereocenters. The van der Waals surface area contributed by atoms with Crippen molar-refractivity contribution in [3.8, 4) is 11.5 Å². The predicted molar refractivity (Wildman–Crippen MR) is 129 cm³/mol. The zero-order chi connectivity index (χ0) is 23.8. The Balaban J connectivity index is 1.84. The minimum atomic E-state index is -0.732. The van der Waals surface area contributed by atoms with E-state index in [-0.39, 0.29) is 23.8 Å². The average Bonchev–Trinajstić information content (AvgIpc) is 2.85. The molecule has 0 aliphatic rings. The van der Waals surface area contributed by atoms with Gasteiger partial charge in [-0.3, -0.25) is 9.59 Å². The number of nitrogens with one attached hydrogen (secondary N) is 2. The van der Waals surface area contributed by atoms with Gasteiger partial charge >= 0.3 is 0 Å². The first-order chi connectivity index (χ1) is 15.9. The van der Waals surface area contributed by atoms with Crippen LogP contribution in [0.2, 0.25) is 0 Å². The Kier molecular flexibility index (Phi) is 8.08. The highest BCUT2D eigenvalue weighted by Gasteiger charge is 2.28. The van der Waals surface area contributed by atoms with Crippen LogP contribution in [-0.2, 0) is 4.79 Å². The van der Waals surface area contributed by atoms with E-state index in [4.69, 9.17) is 9.47 Å². The molecule has 0 fully saturated rings. The Morgan fingerprint density at radius 2 is 1.21 bits per heavy atom. The molecule has 0 saturated heterocycles. The molecular weight excluding hydrogens is 416 g/mol. The molecular formula is C27H30N2O4. The molecule has 0 aromatic heterocycles. The lowest BCUT2D eigenvalue weighted by atomic mass is 9.96. The Bertz CT molecular complexity index is 1010. The van der Waals surface area contributed by atoms with Crippen LogP contribution in [0.15, 0.2) is 78.9 Å². The zero-order valence-corrected chi connectivity index (χ0v) is 19.4. The van der Waals surface area contributed by atoms with E-state index >= 15 is 0 Å². The molecule has 3 aromatic rings. The smallest absolute Gasteiger partial charge is 0.252 e. The molecule has 1 atom stereocenters. The van der Waals surface area contributed by atoms with Gasteiger partial charge in [0.15, 0.2) is 0 Å². The third kappa shape index (κ3) is 6.13. The van der Waals surface area contributed by atoms with Crippen LogP contribution in [0.3, 0.4) is 0 Å². The van der Waals surface area contributed by atoms with E-state index < -0.39 is 6.04 Å². The van der Waals surface area contributed by atoms with Crippen molar-refractivity contribution in [3.05, 3.63) is 95.6 Å². The number of rotatable bonds is 9. The van der Waals surface area contributed by atoms with Crippen LogP contribution < -0.4 is 20.1 Å². The number of carbonyl (C=O) groups excluding carboxylic acids is 2. The fraction of sp³-hybridized carbons (Fsp3) is 0.259. The Hall–Kier alpha value is -3.80. The van der Waals surface area contributed by atoms with E-state index in [1.54, 1.807) is 18.2 Å². The van der Waals surface area contributed by atoms with Gasteiger partial charge in [-0.2, -0.15) is 0 Å². The minimum Gasteiger partial charge on any atom is -0.497 e. The third-order valence-electron chi connectivity index (χ3n) is 5.40. The van der Waals surface area contributed by atoms with Gasteiger partial charge in [0.05, 0.1) is 20.3 Å². The lowest BCUT2D eigenvalue weighted by Crippen LogP contribution is -2.50. The monoisotopic (exact) mass is 446 g/mol. The molecule has 0 radical (unpaired) electrons. The Morgan fingerprint density at radius 3 is 1.64 bits per heavy atom. The molecule has 0 spiro atoms. The number of hydrogen-bond acceptors (Lipinski definition) is 4. The molecule has 0 aliphatic carbocycles. The summed E-state index contributed by atoms with van der Waals surface area (Å²) in [6, 6.07) is 23.4. The summed E-state index contributed by atoms with van der Waals surface area (Å²) >= 11 is 0. The molecule has 2 N–H and O–H groups in total. The first kappa shape index (κ1) is 23.9. The number of hydrogen-bond donors (Lipinski definition) is 2. The van der Waals surface area contributed by atoms with Crippen molar-refractivity contribution in [2.75, 3.05) is 14.2 Å². The highest BCUT2D eigenvalue weighted by molar-refractivity contribution is 5.98. The van der Waals surface area contributed by atoms with Crippen molar-refractivity contribution < 1.29 is 19.1 Å². The van der Waals surface area contributed by atoms with Crippen LogP contribution in [-0.4, -0.2) is 32.1 Å². The van der Waals surface area contributed by atoms with Crippen LogP contribution in [0, 0.1) is 5.92 Å².